The van der Waals surface area contributed by atoms with E-state index in [0.717, 1.165) is 5.92 Å². The molecule has 1 aromatic carbocycles. The second kappa shape index (κ2) is 4.00. The Labute approximate surface area is 93.7 Å². The zero-order valence-corrected chi connectivity index (χ0v) is 10.2. The van der Waals surface area contributed by atoms with Crippen molar-refractivity contribution in [3.63, 3.8) is 0 Å². The van der Waals surface area contributed by atoms with Crippen LogP contribution in [-0.4, -0.2) is 0 Å². The highest BCUT2D eigenvalue weighted by Crippen LogP contribution is 2.43. The van der Waals surface area contributed by atoms with Crippen molar-refractivity contribution in [2.24, 2.45) is 5.92 Å². The minimum atomic E-state index is 0.423. The lowest BCUT2D eigenvalue weighted by atomic mass is 9.64. The minimum absolute atomic E-state index is 0.423. The monoisotopic (exact) mass is 202 g/mol. The van der Waals surface area contributed by atoms with Gasteiger partial charge in [0.25, 0.3) is 0 Å². The largest absolute Gasteiger partial charge is 0.0617 e. The molecule has 0 N–H and O–H groups in total. The molecule has 1 saturated carbocycles. The van der Waals surface area contributed by atoms with Gasteiger partial charge in [0, 0.05) is 0 Å². The smallest absolute Gasteiger partial charge is 0.00497 e. The van der Waals surface area contributed by atoms with Gasteiger partial charge in [-0.3, -0.25) is 0 Å². The molecule has 0 nitrogen and oxygen atoms in total. The van der Waals surface area contributed by atoms with E-state index in [1.54, 1.807) is 5.56 Å². The van der Waals surface area contributed by atoms with Gasteiger partial charge in [-0.15, -0.1) is 0 Å². The molecule has 1 aliphatic rings. The lowest BCUT2D eigenvalue weighted by Gasteiger charge is -2.40. The van der Waals surface area contributed by atoms with Gasteiger partial charge in [-0.2, -0.15) is 0 Å². The molecule has 0 aromatic heterocycles. The number of hydrogen-bond donors (Lipinski definition) is 0. The molecule has 2 unspecified atom stereocenters. The Morgan fingerprint density at radius 3 is 2.40 bits per heavy atom. The molecule has 2 rings (SSSR count). The molecule has 0 amide bonds. The molecule has 1 aliphatic carbocycles. The van der Waals surface area contributed by atoms with Crippen LogP contribution in [0.4, 0.5) is 0 Å². The Hall–Kier alpha value is -0.780. The third-order valence-corrected chi connectivity index (χ3v) is 4.38. The van der Waals surface area contributed by atoms with E-state index in [1.807, 2.05) is 0 Å². The van der Waals surface area contributed by atoms with E-state index in [-0.39, 0.29) is 0 Å². The van der Waals surface area contributed by atoms with E-state index in [0.29, 0.717) is 5.41 Å². The fourth-order valence-electron chi connectivity index (χ4n) is 2.87. The van der Waals surface area contributed by atoms with Gasteiger partial charge in [0.2, 0.25) is 0 Å². The summed E-state index contributed by atoms with van der Waals surface area (Å²) in [5.74, 6) is 0.828. The van der Waals surface area contributed by atoms with Crippen LogP contribution in [0.2, 0.25) is 0 Å². The molecule has 1 aromatic rings. The first kappa shape index (κ1) is 10.7. The lowest BCUT2D eigenvalue weighted by molar-refractivity contribution is 0.221. The van der Waals surface area contributed by atoms with Crippen LogP contribution in [0.1, 0.15) is 50.7 Å². The molecule has 0 bridgehead atoms. The summed E-state index contributed by atoms with van der Waals surface area (Å²) in [4.78, 5) is 0. The second-order valence-corrected chi connectivity index (χ2v) is 5.43. The molecule has 15 heavy (non-hydrogen) atoms. The van der Waals surface area contributed by atoms with Crippen molar-refractivity contribution < 1.29 is 0 Å². The molecule has 0 aliphatic heterocycles. The highest BCUT2D eigenvalue weighted by molar-refractivity contribution is 5.29. The predicted molar refractivity (Wildman–Crippen MR) is 66.2 cm³/mol. The maximum Gasteiger partial charge on any atom is -0.00497 e. The van der Waals surface area contributed by atoms with E-state index in [1.165, 1.54) is 31.2 Å². The summed E-state index contributed by atoms with van der Waals surface area (Å²) in [5.41, 5.74) is 3.33. The van der Waals surface area contributed by atoms with Gasteiger partial charge in [-0.25, -0.2) is 0 Å². The normalized spacial score (nSPS) is 31.5. The van der Waals surface area contributed by atoms with Crippen molar-refractivity contribution in [2.45, 2.75) is 51.9 Å². The summed E-state index contributed by atoms with van der Waals surface area (Å²) in [5, 5.41) is 0. The summed E-state index contributed by atoms with van der Waals surface area (Å²) in [6.45, 7) is 7.02. The zero-order chi connectivity index (χ0) is 10.9. The number of aryl methyl sites for hydroxylation is 1. The molecular weight excluding hydrogens is 180 g/mol. The fraction of sp³-hybridized carbons (Fsp3) is 0.600. The Morgan fingerprint density at radius 2 is 1.80 bits per heavy atom. The molecule has 2 atom stereocenters. The first-order valence-corrected chi connectivity index (χ1v) is 6.20. The van der Waals surface area contributed by atoms with Crippen LogP contribution in [0.15, 0.2) is 24.3 Å². The Bertz CT molecular complexity index is 322. The SMILES string of the molecule is Cc1ccc(C2(C)CCCCC2C)cc1. The molecule has 0 heterocycles. The third kappa shape index (κ3) is 1.95. The maximum atomic E-state index is 2.45. The van der Waals surface area contributed by atoms with Crippen LogP contribution in [-0.2, 0) is 5.41 Å². The minimum Gasteiger partial charge on any atom is -0.0617 e. The van der Waals surface area contributed by atoms with Gasteiger partial charge < -0.3 is 0 Å². The van der Waals surface area contributed by atoms with Crippen molar-refractivity contribution in [1.29, 1.82) is 0 Å². The lowest BCUT2D eigenvalue weighted by Crippen LogP contribution is -2.33. The Balaban J connectivity index is 2.30. The van der Waals surface area contributed by atoms with Crippen molar-refractivity contribution in [3.8, 4) is 0 Å². The molecule has 0 saturated heterocycles. The van der Waals surface area contributed by atoms with Crippen molar-refractivity contribution in [1.82, 2.24) is 0 Å². The van der Waals surface area contributed by atoms with Crippen LogP contribution < -0.4 is 0 Å². The molecular formula is C15H22. The van der Waals surface area contributed by atoms with Gasteiger partial charge in [0.05, 0.1) is 0 Å². The third-order valence-electron chi connectivity index (χ3n) is 4.38. The van der Waals surface area contributed by atoms with Crippen LogP contribution >= 0.6 is 0 Å². The van der Waals surface area contributed by atoms with E-state index < -0.39 is 0 Å². The average Bonchev–Trinajstić information content (AvgIpc) is 2.23. The van der Waals surface area contributed by atoms with Crippen LogP contribution in [0.5, 0.6) is 0 Å². The van der Waals surface area contributed by atoms with E-state index in [2.05, 4.69) is 45.0 Å². The topological polar surface area (TPSA) is 0 Å². The van der Waals surface area contributed by atoms with Crippen molar-refractivity contribution in [3.05, 3.63) is 35.4 Å². The zero-order valence-electron chi connectivity index (χ0n) is 10.2. The van der Waals surface area contributed by atoms with Gasteiger partial charge in [-0.1, -0.05) is 56.5 Å². The number of benzene rings is 1. The predicted octanol–water partition coefficient (Wildman–Crippen LogP) is 4.46. The van der Waals surface area contributed by atoms with Gasteiger partial charge in [0.1, 0.15) is 0 Å². The average molecular weight is 202 g/mol. The number of hydrogen-bond acceptors (Lipinski definition) is 0. The van der Waals surface area contributed by atoms with Gasteiger partial charge >= 0.3 is 0 Å². The Kier molecular flexibility index (Phi) is 2.86. The van der Waals surface area contributed by atoms with Gasteiger partial charge in [-0.05, 0) is 36.7 Å². The summed E-state index contributed by atoms with van der Waals surface area (Å²) in [6.07, 6.45) is 5.57. The van der Waals surface area contributed by atoms with Crippen molar-refractivity contribution >= 4 is 0 Å². The summed E-state index contributed by atoms with van der Waals surface area (Å²) >= 11 is 0. The van der Waals surface area contributed by atoms with Gasteiger partial charge in [0.15, 0.2) is 0 Å². The quantitative estimate of drug-likeness (QED) is 0.630. The van der Waals surface area contributed by atoms with E-state index >= 15 is 0 Å². The van der Waals surface area contributed by atoms with E-state index in [9.17, 15) is 0 Å². The van der Waals surface area contributed by atoms with Crippen LogP contribution in [0.25, 0.3) is 0 Å². The first-order chi connectivity index (χ1) is 7.13. The fourth-order valence-corrected chi connectivity index (χ4v) is 2.87. The summed E-state index contributed by atoms with van der Waals surface area (Å²) in [6, 6.07) is 9.16. The Morgan fingerprint density at radius 1 is 1.13 bits per heavy atom. The maximum absolute atomic E-state index is 2.45. The highest BCUT2D eigenvalue weighted by atomic mass is 14.4. The molecule has 0 heteroatoms. The van der Waals surface area contributed by atoms with E-state index in [4.69, 9.17) is 0 Å². The summed E-state index contributed by atoms with van der Waals surface area (Å²) in [7, 11) is 0. The van der Waals surface area contributed by atoms with Crippen molar-refractivity contribution in [2.75, 3.05) is 0 Å². The molecule has 0 spiro atoms. The first-order valence-electron chi connectivity index (χ1n) is 6.20. The standard InChI is InChI=1S/C15H22/c1-12-7-9-14(10-8-12)15(3)11-5-4-6-13(15)2/h7-10,13H,4-6,11H2,1-3H3. The number of rotatable bonds is 1. The van der Waals surface area contributed by atoms with Crippen LogP contribution in [0, 0.1) is 12.8 Å². The molecule has 1 fully saturated rings. The molecule has 0 radical (unpaired) electrons. The second-order valence-electron chi connectivity index (χ2n) is 5.43. The van der Waals surface area contributed by atoms with Crippen LogP contribution in [0.3, 0.4) is 0 Å². The molecule has 82 valence electrons. The summed E-state index contributed by atoms with van der Waals surface area (Å²) < 4.78 is 0. The highest BCUT2D eigenvalue weighted by Gasteiger charge is 2.34.